The van der Waals surface area contributed by atoms with E-state index in [2.05, 4.69) is 20.5 Å². The van der Waals surface area contributed by atoms with E-state index in [9.17, 15) is 18.0 Å². The van der Waals surface area contributed by atoms with Crippen molar-refractivity contribution in [2.45, 2.75) is 12.7 Å². The summed E-state index contributed by atoms with van der Waals surface area (Å²) in [4.78, 5) is 20.1. The molecular formula is C20H31F3IN5O3. The van der Waals surface area contributed by atoms with E-state index in [1.54, 1.807) is 26.2 Å². The van der Waals surface area contributed by atoms with Crippen molar-refractivity contribution in [3.63, 3.8) is 0 Å². The van der Waals surface area contributed by atoms with Crippen molar-refractivity contribution >= 4 is 35.8 Å². The Hall–Kier alpha value is -1.80. The summed E-state index contributed by atoms with van der Waals surface area (Å²) in [5.41, 5.74) is 0.799. The summed E-state index contributed by atoms with van der Waals surface area (Å²) in [6.07, 6.45) is -4.37. The number of nitrogens with one attached hydrogen (secondary N) is 2. The van der Waals surface area contributed by atoms with Gasteiger partial charge in [0.15, 0.2) is 12.6 Å². The minimum Gasteiger partial charge on any atom is -0.484 e. The largest absolute Gasteiger partial charge is 0.484 e. The number of morpholine rings is 1. The van der Waals surface area contributed by atoms with Crippen LogP contribution < -0.4 is 15.4 Å². The summed E-state index contributed by atoms with van der Waals surface area (Å²) in [5, 5.41) is 6.23. The number of hydrogen-bond acceptors (Lipinski definition) is 5. The minimum absolute atomic E-state index is 0. The zero-order chi connectivity index (χ0) is 22.7. The Morgan fingerprint density at radius 1 is 1.19 bits per heavy atom. The van der Waals surface area contributed by atoms with Crippen molar-refractivity contribution in [1.82, 2.24) is 20.4 Å². The average Bonchev–Trinajstić information content (AvgIpc) is 2.74. The van der Waals surface area contributed by atoms with Crippen LogP contribution in [0.25, 0.3) is 0 Å². The molecular weight excluding hydrogens is 542 g/mol. The number of benzene rings is 1. The van der Waals surface area contributed by atoms with Crippen LogP contribution in [0.3, 0.4) is 0 Å². The van der Waals surface area contributed by atoms with Crippen molar-refractivity contribution in [2.24, 2.45) is 4.99 Å². The number of carbonyl (C=O) groups is 1. The van der Waals surface area contributed by atoms with E-state index >= 15 is 0 Å². The van der Waals surface area contributed by atoms with Gasteiger partial charge in [-0.1, -0.05) is 12.1 Å². The Kier molecular flexibility index (Phi) is 12.7. The van der Waals surface area contributed by atoms with Gasteiger partial charge in [0.25, 0.3) is 0 Å². The molecule has 1 aliphatic rings. The van der Waals surface area contributed by atoms with Crippen LogP contribution in [0.1, 0.15) is 5.56 Å². The fourth-order valence-electron chi connectivity index (χ4n) is 2.68. The molecule has 1 heterocycles. The van der Waals surface area contributed by atoms with Crippen molar-refractivity contribution in [3.8, 4) is 5.75 Å². The number of nitrogens with zero attached hydrogens (tertiary/aromatic N) is 3. The molecule has 12 heteroatoms. The van der Waals surface area contributed by atoms with Gasteiger partial charge < -0.3 is 25.0 Å². The minimum atomic E-state index is -4.37. The number of rotatable bonds is 9. The highest BCUT2D eigenvalue weighted by Crippen LogP contribution is 2.19. The Bertz CT molecular complexity index is 711. The van der Waals surface area contributed by atoms with Crippen LogP contribution in [0, 0.1) is 0 Å². The fraction of sp³-hybridized carbons (Fsp3) is 0.600. The number of hydrogen-bond donors (Lipinski definition) is 2. The quantitative estimate of drug-likeness (QED) is 0.266. The van der Waals surface area contributed by atoms with Gasteiger partial charge >= 0.3 is 6.18 Å². The van der Waals surface area contributed by atoms with E-state index in [0.717, 1.165) is 38.4 Å². The molecule has 182 valence electrons. The van der Waals surface area contributed by atoms with Gasteiger partial charge in [0, 0.05) is 40.3 Å². The Morgan fingerprint density at radius 2 is 1.84 bits per heavy atom. The highest BCUT2D eigenvalue weighted by molar-refractivity contribution is 14.0. The lowest BCUT2D eigenvalue weighted by atomic mass is 10.2. The summed E-state index contributed by atoms with van der Waals surface area (Å²) in [5.74, 6) is 0.540. The first-order valence-corrected chi connectivity index (χ1v) is 10.0. The maximum atomic E-state index is 12.2. The highest BCUT2D eigenvalue weighted by atomic mass is 127. The maximum absolute atomic E-state index is 12.2. The first kappa shape index (κ1) is 28.2. The number of ether oxygens (including phenoxy) is 2. The van der Waals surface area contributed by atoms with Gasteiger partial charge in [0.05, 0.1) is 26.3 Å². The number of alkyl halides is 3. The van der Waals surface area contributed by atoms with Crippen LogP contribution in [0.5, 0.6) is 5.75 Å². The molecule has 0 aliphatic carbocycles. The lowest BCUT2D eigenvalue weighted by Crippen LogP contribution is -2.46. The molecule has 1 aromatic rings. The third-order valence-electron chi connectivity index (χ3n) is 4.48. The van der Waals surface area contributed by atoms with E-state index in [4.69, 9.17) is 9.47 Å². The molecule has 1 saturated heterocycles. The predicted molar refractivity (Wildman–Crippen MR) is 127 cm³/mol. The van der Waals surface area contributed by atoms with Crippen LogP contribution in [0.4, 0.5) is 13.2 Å². The molecule has 0 radical (unpaired) electrons. The van der Waals surface area contributed by atoms with Gasteiger partial charge in [-0.15, -0.1) is 24.0 Å². The second kappa shape index (κ2) is 14.4. The number of carbonyl (C=O) groups excluding carboxylic acids is 1. The van der Waals surface area contributed by atoms with E-state index in [-0.39, 0.29) is 42.2 Å². The Balaban J connectivity index is 0.00000512. The van der Waals surface area contributed by atoms with Crippen molar-refractivity contribution in [3.05, 3.63) is 29.8 Å². The van der Waals surface area contributed by atoms with Crippen LogP contribution in [-0.2, 0) is 16.1 Å². The van der Waals surface area contributed by atoms with Gasteiger partial charge in [0.1, 0.15) is 5.75 Å². The highest BCUT2D eigenvalue weighted by Gasteiger charge is 2.28. The first-order chi connectivity index (χ1) is 14.7. The summed E-state index contributed by atoms with van der Waals surface area (Å²) < 4.78 is 46.8. The third kappa shape index (κ3) is 11.7. The molecule has 1 aromatic carbocycles. The molecule has 2 rings (SSSR count). The van der Waals surface area contributed by atoms with Gasteiger partial charge in [-0.05, 0) is 17.7 Å². The molecule has 2 N–H and O–H groups in total. The maximum Gasteiger partial charge on any atom is 0.422 e. The second-order valence-electron chi connectivity index (χ2n) is 7.24. The molecule has 8 nitrogen and oxygen atoms in total. The lowest BCUT2D eigenvalue weighted by molar-refractivity contribution is -0.153. The SMILES string of the molecule is CN(C)C(=O)CNC(=NCc1ccc(OCC(F)(F)F)cc1)NCCN1CCOCC1.I. The summed E-state index contributed by atoms with van der Waals surface area (Å²) >= 11 is 0. The number of guanidine groups is 1. The van der Waals surface area contributed by atoms with Gasteiger partial charge in [-0.25, -0.2) is 4.99 Å². The number of amides is 1. The summed E-state index contributed by atoms with van der Waals surface area (Å²) in [6, 6.07) is 6.27. The number of halogens is 4. The molecule has 1 aliphatic heterocycles. The van der Waals surface area contributed by atoms with Crippen LogP contribution >= 0.6 is 24.0 Å². The summed E-state index contributed by atoms with van der Waals surface area (Å²) in [6.45, 7) is 3.73. The second-order valence-corrected chi connectivity index (χ2v) is 7.24. The standard InChI is InChI=1S/C20H30F3N5O3.HI/c1-27(2)18(29)14-26-19(24-7-8-28-9-11-30-12-10-28)25-13-16-3-5-17(6-4-16)31-15-20(21,22)23;/h3-6H,7-15H2,1-2H3,(H2,24,25,26);1H. The van der Waals surface area contributed by atoms with Crippen LogP contribution in [0.15, 0.2) is 29.3 Å². The fourth-order valence-corrected chi connectivity index (χ4v) is 2.68. The van der Waals surface area contributed by atoms with Gasteiger partial charge in [0.2, 0.25) is 5.91 Å². The smallest absolute Gasteiger partial charge is 0.422 e. The normalized spacial score (nSPS) is 15.0. The van der Waals surface area contributed by atoms with Gasteiger partial charge in [-0.2, -0.15) is 13.2 Å². The molecule has 0 unspecified atom stereocenters. The van der Waals surface area contributed by atoms with E-state index in [1.165, 1.54) is 17.0 Å². The van der Waals surface area contributed by atoms with Crippen LogP contribution in [0.2, 0.25) is 0 Å². The summed E-state index contributed by atoms with van der Waals surface area (Å²) in [7, 11) is 3.35. The van der Waals surface area contributed by atoms with Crippen molar-refractivity contribution in [1.29, 1.82) is 0 Å². The Labute approximate surface area is 203 Å². The molecule has 0 aromatic heterocycles. The molecule has 1 amide bonds. The predicted octanol–water partition coefficient (Wildman–Crippen LogP) is 1.70. The molecule has 0 saturated carbocycles. The van der Waals surface area contributed by atoms with Gasteiger partial charge in [-0.3, -0.25) is 9.69 Å². The lowest BCUT2D eigenvalue weighted by Gasteiger charge is -2.26. The van der Waals surface area contributed by atoms with Crippen molar-refractivity contribution < 1.29 is 27.4 Å². The molecule has 1 fully saturated rings. The van der Waals surface area contributed by atoms with E-state index in [0.29, 0.717) is 19.0 Å². The molecule has 32 heavy (non-hydrogen) atoms. The molecule has 0 bridgehead atoms. The van der Waals surface area contributed by atoms with Crippen LogP contribution in [-0.4, -0.2) is 94.5 Å². The first-order valence-electron chi connectivity index (χ1n) is 10.0. The van der Waals surface area contributed by atoms with E-state index < -0.39 is 12.8 Å². The Morgan fingerprint density at radius 3 is 2.44 bits per heavy atom. The third-order valence-corrected chi connectivity index (χ3v) is 4.48. The average molecular weight is 573 g/mol. The zero-order valence-corrected chi connectivity index (χ0v) is 20.6. The number of likely N-dealkylation sites (N-methyl/N-ethyl adjacent to an activating group) is 1. The molecule has 0 atom stereocenters. The number of aliphatic imine (C=N–C) groups is 1. The zero-order valence-electron chi connectivity index (χ0n) is 18.3. The van der Waals surface area contributed by atoms with E-state index in [1.807, 2.05) is 0 Å². The monoisotopic (exact) mass is 573 g/mol. The topological polar surface area (TPSA) is 78.4 Å². The molecule has 0 spiro atoms. The van der Waals surface area contributed by atoms with Crippen molar-refractivity contribution in [2.75, 3.05) is 66.6 Å².